The van der Waals surface area contributed by atoms with Gasteiger partial charge in [0, 0.05) is 38.3 Å². The number of hydrogen-bond donors (Lipinski definition) is 1. The van der Waals surface area contributed by atoms with E-state index in [1.54, 1.807) is 4.90 Å². The van der Waals surface area contributed by atoms with Gasteiger partial charge in [-0.05, 0) is 25.0 Å². The number of nitrogens with one attached hydrogen (secondary N) is 1. The summed E-state index contributed by atoms with van der Waals surface area (Å²) >= 11 is 0. The minimum absolute atomic E-state index is 0.00609. The molecular weight excluding hydrogens is 337 g/mol. The zero-order valence-corrected chi connectivity index (χ0v) is 13.6. The van der Waals surface area contributed by atoms with Crippen molar-refractivity contribution in [2.45, 2.75) is 19.0 Å². The summed E-state index contributed by atoms with van der Waals surface area (Å²) in [6.45, 7) is 1.86. The third-order valence-electron chi connectivity index (χ3n) is 4.39. The molecule has 0 radical (unpaired) electrons. The first-order chi connectivity index (χ1) is 11.8. The molecule has 2 aliphatic rings. The molecule has 136 valence electrons. The molecule has 0 bridgehead atoms. The Bertz CT molecular complexity index is 636. The third-order valence-corrected chi connectivity index (χ3v) is 4.39. The van der Waals surface area contributed by atoms with Gasteiger partial charge in [0.2, 0.25) is 11.8 Å². The van der Waals surface area contributed by atoms with Crippen LogP contribution in [0.25, 0.3) is 0 Å². The lowest BCUT2D eigenvalue weighted by Crippen LogP contribution is -2.51. The number of amides is 2. The number of nitrogens with zero attached hydrogens (tertiary/aromatic N) is 3. The zero-order valence-electron chi connectivity index (χ0n) is 13.6. The Labute approximate surface area is 143 Å². The van der Waals surface area contributed by atoms with E-state index < -0.39 is 11.7 Å². The molecule has 1 saturated heterocycles. The van der Waals surface area contributed by atoms with E-state index in [-0.39, 0.29) is 24.3 Å². The van der Waals surface area contributed by atoms with E-state index in [4.69, 9.17) is 0 Å². The number of piperazine rings is 1. The summed E-state index contributed by atoms with van der Waals surface area (Å²) in [5.74, 6) is 0.312. The maximum Gasteiger partial charge on any atom is 0.417 e. The average Bonchev–Trinajstić information content (AvgIpc) is 3.44. The SMILES string of the molecule is O=C(NCC(=O)N1CCN(c2ccc(C(F)(F)F)cn2)CC1)C1CC1. The molecule has 0 unspecified atom stereocenters. The highest BCUT2D eigenvalue weighted by atomic mass is 19.4. The molecule has 1 saturated carbocycles. The molecule has 25 heavy (non-hydrogen) atoms. The Kier molecular flexibility index (Phi) is 4.82. The van der Waals surface area contributed by atoms with Gasteiger partial charge < -0.3 is 15.1 Å². The molecule has 1 aliphatic heterocycles. The maximum absolute atomic E-state index is 12.6. The van der Waals surface area contributed by atoms with E-state index >= 15 is 0 Å². The second-order valence-electron chi connectivity index (χ2n) is 6.26. The van der Waals surface area contributed by atoms with Gasteiger partial charge in [-0.25, -0.2) is 4.98 Å². The highest BCUT2D eigenvalue weighted by molar-refractivity contribution is 5.87. The fraction of sp³-hybridized carbons (Fsp3) is 0.562. The molecule has 9 heteroatoms. The zero-order chi connectivity index (χ0) is 18.0. The molecule has 1 aromatic rings. The summed E-state index contributed by atoms with van der Waals surface area (Å²) in [4.78, 5) is 31.0. The third kappa shape index (κ3) is 4.40. The van der Waals surface area contributed by atoms with Gasteiger partial charge in [0.25, 0.3) is 0 Å². The van der Waals surface area contributed by atoms with Crippen molar-refractivity contribution in [1.82, 2.24) is 15.2 Å². The minimum atomic E-state index is -4.40. The number of aromatic nitrogens is 1. The van der Waals surface area contributed by atoms with Crippen molar-refractivity contribution in [2.75, 3.05) is 37.6 Å². The standard InChI is InChI=1S/C16H19F3N4O2/c17-16(18,19)12-3-4-13(20-9-12)22-5-7-23(8-6-22)14(24)10-21-15(25)11-1-2-11/h3-4,9,11H,1-2,5-8,10H2,(H,21,25). The van der Waals surface area contributed by atoms with Crippen LogP contribution in [-0.2, 0) is 15.8 Å². The van der Waals surface area contributed by atoms with Gasteiger partial charge in [0.15, 0.2) is 0 Å². The van der Waals surface area contributed by atoms with E-state index in [2.05, 4.69) is 10.3 Å². The van der Waals surface area contributed by atoms with Crippen molar-refractivity contribution in [2.24, 2.45) is 5.92 Å². The second-order valence-corrected chi connectivity index (χ2v) is 6.26. The molecule has 0 atom stereocenters. The first-order valence-electron chi connectivity index (χ1n) is 8.18. The molecule has 0 aromatic carbocycles. The van der Waals surface area contributed by atoms with Crippen molar-refractivity contribution in [3.05, 3.63) is 23.9 Å². The number of rotatable bonds is 4. The van der Waals surface area contributed by atoms with Crippen LogP contribution in [-0.4, -0.2) is 54.4 Å². The molecule has 2 amide bonds. The minimum Gasteiger partial charge on any atom is -0.353 e. The highest BCUT2D eigenvalue weighted by Gasteiger charge is 2.32. The van der Waals surface area contributed by atoms with Crippen LogP contribution < -0.4 is 10.2 Å². The molecule has 1 N–H and O–H groups in total. The molecular formula is C16H19F3N4O2. The van der Waals surface area contributed by atoms with Crippen LogP contribution >= 0.6 is 0 Å². The Hall–Kier alpha value is -2.32. The summed E-state index contributed by atoms with van der Waals surface area (Å²) in [6.07, 6.45) is -1.81. The summed E-state index contributed by atoms with van der Waals surface area (Å²) in [5, 5.41) is 2.64. The molecule has 2 fully saturated rings. The lowest BCUT2D eigenvalue weighted by Gasteiger charge is -2.35. The van der Waals surface area contributed by atoms with Gasteiger partial charge in [0.1, 0.15) is 5.82 Å². The average molecular weight is 356 g/mol. The van der Waals surface area contributed by atoms with Gasteiger partial charge >= 0.3 is 6.18 Å². The topological polar surface area (TPSA) is 65.5 Å². The predicted molar refractivity (Wildman–Crippen MR) is 83.8 cm³/mol. The van der Waals surface area contributed by atoms with Crippen molar-refractivity contribution in [3.8, 4) is 0 Å². The molecule has 2 heterocycles. The van der Waals surface area contributed by atoms with E-state index in [0.717, 1.165) is 25.1 Å². The number of anilines is 1. The van der Waals surface area contributed by atoms with Crippen LogP contribution in [0.4, 0.5) is 19.0 Å². The van der Waals surface area contributed by atoms with Crippen molar-refractivity contribution in [1.29, 1.82) is 0 Å². The van der Waals surface area contributed by atoms with Gasteiger partial charge in [-0.15, -0.1) is 0 Å². The summed E-state index contributed by atoms with van der Waals surface area (Å²) in [7, 11) is 0. The Morgan fingerprint density at radius 3 is 2.36 bits per heavy atom. The summed E-state index contributed by atoms with van der Waals surface area (Å²) in [5.41, 5.74) is -0.781. The highest BCUT2D eigenvalue weighted by Crippen LogP contribution is 2.30. The normalized spacial score (nSPS) is 18.2. The molecule has 1 aliphatic carbocycles. The molecule has 6 nitrogen and oxygen atoms in total. The number of hydrogen-bond acceptors (Lipinski definition) is 4. The lowest BCUT2D eigenvalue weighted by molar-refractivity contribution is -0.137. The number of alkyl halides is 3. The summed E-state index contributed by atoms with van der Waals surface area (Å²) < 4.78 is 37.7. The van der Waals surface area contributed by atoms with Crippen LogP contribution in [0, 0.1) is 5.92 Å². The molecule has 0 spiro atoms. The van der Waals surface area contributed by atoms with Crippen LogP contribution in [0.3, 0.4) is 0 Å². The lowest BCUT2D eigenvalue weighted by atomic mass is 10.2. The Balaban J connectivity index is 1.47. The Morgan fingerprint density at radius 2 is 1.84 bits per heavy atom. The number of halogens is 3. The van der Waals surface area contributed by atoms with Crippen molar-refractivity contribution in [3.63, 3.8) is 0 Å². The van der Waals surface area contributed by atoms with Gasteiger partial charge in [-0.1, -0.05) is 0 Å². The van der Waals surface area contributed by atoms with E-state index in [1.165, 1.54) is 6.07 Å². The first kappa shape index (κ1) is 17.5. The Morgan fingerprint density at radius 1 is 1.16 bits per heavy atom. The van der Waals surface area contributed by atoms with Gasteiger partial charge in [0.05, 0.1) is 12.1 Å². The molecule has 1 aromatic heterocycles. The van der Waals surface area contributed by atoms with Crippen molar-refractivity contribution < 1.29 is 22.8 Å². The van der Waals surface area contributed by atoms with E-state index in [9.17, 15) is 22.8 Å². The first-order valence-corrected chi connectivity index (χ1v) is 8.18. The number of carbonyl (C=O) groups is 2. The van der Waals surface area contributed by atoms with E-state index in [1.807, 2.05) is 4.90 Å². The summed E-state index contributed by atoms with van der Waals surface area (Å²) in [6, 6.07) is 2.35. The van der Waals surface area contributed by atoms with E-state index in [0.29, 0.717) is 32.0 Å². The van der Waals surface area contributed by atoms with Crippen LogP contribution in [0.15, 0.2) is 18.3 Å². The number of carbonyl (C=O) groups excluding carboxylic acids is 2. The van der Waals surface area contributed by atoms with Gasteiger partial charge in [-0.2, -0.15) is 13.2 Å². The quantitative estimate of drug-likeness (QED) is 0.883. The monoisotopic (exact) mass is 356 g/mol. The molecule has 3 rings (SSSR count). The maximum atomic E-state index is 12.6. The smallest absolute Gasteiger partial charge is 0.353 e. The predicted octanol–water partition coefficient (Wildman–Crippen LogP) is 1.28. The fourth-order valence-electron chi connectivity index (χ4n) is 2.69. The largest absolute Gasteiger partial charge is 0.417 e. The number of pyridine rings is 1. The van der Waals surface area contributed by atoms with Crippen molar-refractivity contribution >= 4 is 17.6 Å². The second kappa shape index (κ2) is 6.89. The van der Waals surface area contributed by atoms with Crippen LogP contribution in [0.1, 0.15) is 18.4 Å². The fourth-order valence-corrected chi connectivity index (χ4v) is 2.69. The van der Waals surface area contributed by atoms with Crippen LogP contribution in [0.2, 0.25) is 0 Å². The van der Waals surface area contributed by atoms with Gasteiger partial charge in [-0.3, -0.25) is 9.59 Å². The van der Waals surface area contributed by atoms with Crippen LogP contribution in [0.5, 0.6) is 0 Å².